The Morgan fingerprint density at radius 3 is 2.54 bits per heavy atom. The number of nitrogens with zero attached hydrogens (tertiary/aromatic N) is 2. The molecule has 1 fully saturated rings. The number of carbonyl (C=O) groups is 1. The van der Waals surface area contributed by atoms with E-state index >= 15 is 0 Å². The second-order valence-corrected chi connectivity index (χ2v) is 4.38. The molecule has 0 aromatic rings. The minimum absolute atomic E-state index is 0.0858. The van der Waals surface area contributed by atoms with Crippen molar-refractivity contribution in [3.05, 3.63) is 0 Å². The fraction of sp³-hybridized carbons (Fsp3) is 0.889. The Kier molecular flexibility index (Phi) is 2.63. The van der Waals surface area contributed by atoms with Crippen molar-refractivity contribution in [3.63, 3.8) is 0 Å². The van der Waals surface area contributed by atoms with E-state index in [4.69, 9.17) is 5.73 Å². The highest BCUT2D eigenvalue weighted by Crippen LogP contribution is 2.21. The van der Waals surface area contributed by atoms with Crippen molar-refractivity contribution >= 4 is 5.91 Å². The number of nitrogens with two attached hydrogens (primary N) is 1. The molecule has 0 saturated carbocycles. The summed E-state index contributed by atoms with van der Waals surface area (Å²) < 4.78 is 0. The standard InChI is InChI=1S/C9H19N3O/c1-9(2)6-11(3)7(5-10)8(13)12(9)4/h7H,5-6,10H2,1-4H3. The summed E-state index contributed by atoms with van der Waals surface area (Å²) in [6.45, 7) is 5.40. The molecule has 0 aromatic heterocycles. The van der Waals surface area contributed by atoms with Gasteiger partial charge in [0.2, 0.25) is 5.91 Å². The van der Waals surface area contributed by atoms with Gasteiger partial charge in [0.1, 0.15) is 6.04 Å². The Morgan fingerprint density at radius 2 is 2.08 bits per heavy atom. The molecule has 0 aromatic carbocycles. The Labute approximate surface area is 79.7 Å². The highest BCUT2D eigenvalue weighted by molar-refractivity contribution is 5.83. The van der Waals surface area contributed by atoms with E-state index in [0.29, 0.717) is 6.54 Å². The third-order valence-electron chi connectivity index (χ3n) is 2.92. The van der Waals surface area contributed by atoms with Gasteiger partial charge in [0.25, 0.3) is 0 Å². The predicted octanol–water partition coefficient (Wildman–Crippen LogP) is -0.504. The van der Waals surface area contributed by atoms with Crippen LogP contribution in [0.5, 0.6) is 0 Å². The summed E-state index contributed by atoms with van der Waals surface area (Å²) in [5.74, 6) is 0.126. The maximum Gasteiger partial charge on any atom is 0.241 e. The van der Waals surface area contributed by atoms with E-state index < -0.39 is 0 Å². The smallest absolute Gasteiger partial charge is 0.241 e. The summed E-state index contributed by atoms with van der Waals surface area (Å²) in [5, 5.41) is 0. The number of likely N-dealkylation sites (N-methyl/N-ethyl adjacent to an activating group) is 2. The first-order chi connectivity index (χ1) is 5.90. The van der Waals surface area contributed by atoms with Gasteiger partial charge in [-0.3, -0.25) is 9.69 Å². The molecule has 1 aliphatic heterocycles. The lowest BCUT2D eigenvalue weighted by atomic mass is 9.96. The Morgan fingerprint density at radius 1 is 1.54 bits per heavy atom. The zero-order chi connectivity index (χ0) is 10.2. The number of hydrogen-bond acceptors (Lipinski definition) is 3. The van der Waals surface area contributed by atoms with Crippen molar-refractivity contribution in [2.75, 3.05) is 27.2 Å². The number of amides is 1. The monoisotopic (exact) mass is 185 g/mol. The molecule has 76 valence electrons. The zero-order valence-electron chi connectivity index (χ0n) is 8.87. The largest absolute Gasteiger partial charge is 0.338 e. The summed E-state index contributed by atoms with van der Waals surface area (Å²) >= 11 is 0. The minimum atomic E-state index is -0.141. The lowest BCUT2D eigenvalue weighted by molar-refractivity contribution is -0.147. The molecule has 1 unspecified atom stereocenters. The van der Waals surface area contributed by atoms with Gasteiger partial charge in [0.15, 0.2) is 0 Å². The van der Waals surface area contributed by atoms with Crippen LogP contribution in [0, 0.1) is 0 Å². The molecule has 1 atom stereocenters. The topological polar surface area (TPSA) is 49.6 Å². The second-order valence-electron chi connectivity index (χ2n) is 4.38. The summed E-state index contributed by atoms with van der Waals surface area (Å²) in [6, 6.07) is -0.141. The van der Waals surface area contributed by atoms with Crippen LogP contribution in [0.1, 0.15) is 13.8 Å². The number of carbonyl (C=O) groups excluding carboxylic acids is 1. The van der Waals surface area contributed by atoms with Crippen LogP contribution in [0.2, 0.25) is 0 Å². The molecule has 0 bridgehead atoms. The van der Waals surface area contributed by atoms with Crippen molar-refractivity contribution in [2.24, 2.45) is 5.73 Å². The van der Waals surface area contributed by atoms with E-state index in [1.165, 1.54) is 0 Å². The maximum atomic E-state index is 11.8. The molecule has 1 heterocycles. The number of rotatable bonds is 1. The van der Waals surface area contributed by atoms with Crippen LogP contribution in [0.4, 0.5) is 0 Å². The quantitative estimate of drug-likeness (QED) is 0.599. The van der Waals surface area contributed by atoms with Crippen molar-refractivity contribution in [1.29, 1.82) is 0 Å². The van der Waals surface area contributed by atoms with Crippen LogP contribution in [0.15, 0.2) is 0 Å². The zero-order valence-corrected chi connectivity index (χ0v) is 8.87. The van der Waals surface area contributed by atoms with Gasteiger partial charge in [-0.1, -0.05) is 0 Å². The van der Waals surface area contributed by atoms with E-state index in [0.717, 1.165) is 6.54 Å². The molecule has 1 amide bonds. The van der Waals surface area contributed by atoms with Gasteiger partial charge in [0, 0.05) is 25.7 Å². The Balaban J connectivity index is 2.85. The van der Waals surface area contributed by atoms with Crippen LogP contribution in [-0.4, -0.2) is 54.5 Å². The highest BCUT2D eigenvalue weighted by atomic mass is 16.2. The minimum Gasteiger partial charge on any atom is -0.338 e. The fourth-order valence-corrected chi connectivity index (χ4v) is 1.82. The SMILES string of the molecule is CN1CC(C)(C)N(C)C(=O)C1CN. The van der Waals surface area contributed by atoms with Crippen molar-refractivity contribution in [2.45, 2.75) is 25.4 Å². The van der Waals surface area contributed by atoms with E-state index in [1.807, 2.05) is 19.0 Å². The first-order valence-corrected chi connectivity index (χ1v) is 4.58. The van der Waals surface area contributed by atoms with Crippen LogP contribution >= 0.6 is 0 Å². The van der Waals surface area contributed by atoms with Crippen molar-refractivity contribution in [3.8, 4) is 0 Å². The van der Waals surface area contributed by atoms with Gasteiger partial charge in [-0.25, -0.2) is 0 Å². The molecular formula is C9H19N3O. The molecule has 0 radical (unpaired) electrons. The Bertz CT molecular complexity index is 211. The van der Waals surface area contributed by atoms with Gasteiger partial charge in [0.05, 0.1) is 0 Å². The molecule has 0 aliphatic carbocycles. The maximum absolute atomic E-state index is 11.8. The second kappa shape index (κ2) is 3.27. The van der Waals surface area contributed by atoms with Crippen LogP contribution in [-0.2, 0) is 4.79 Å². The predicted molar refractivity (Wildman–Crippen MR) is 52.3 cm³/mol. The normalized spacial score (nSPS) is 29.5. The summed E-state index contributed by atoms with van der Waals surface area (Å²) in [5.41, 5.74) is 5.46. The van der Waals surface area contributed by atoms with Gasteiger partial charge in [-0.05, 0) is 20.9 Å². The first kappa shape index (κ1) is 10.5. The van der Waals surface area contributed by atoms with Crippen molar-refractivity contribution < 1.29 is 4.79 Å². The van der Waals surface area contributed by atoms with Crippen LogP contribution < -0.4 is 5.73 Å². The fourth-order valence-electron chi connectivity index (χ4n) is 1.82. The first-order valence-electron chi connectivity index (χ1n) is 4.58. The molecular weight excluding hydrogens is 166 g/mol. The Hall–Kier alpha value is -0.610. The third kappa shape index (κ3) is 1.69. The molecule has 4 nitrogen and oxygen atoms in total. The molecule has 1 rings (SSSR count). The molecule has 0 spiro atoms. The van der Waals surface area contributed by atoms with E-state index in [2.05, 4.69) is 13.8 Å². The third-order valence-corrected chi connectivity index (χ3v) is 2.92. The summed E-state index contributed by atoms with van der Waals surface area (Å²) in [7, 11) is 3.79. The molecule has 1 saturated heterocycles. The van der Waals surface area contributed by atoms with E-state index in [9.17, 15) is 4.79 Å². The summed E-state index contributed by atoms with van der Waals surface area (Å²) in [4.78, 5) is 15.6. The molecule has 1 aliphatic rings. The molecule has 2 N–H and O–H groups in total. The molecule has 13 heavy (non-hydrogen) atoms. The lowest BCUT2D eigenvalue weighted by Gasteiger charge is -2.47. The van der Waals surface area contributed by atoms with Gasteiger partial charge >= 0.3 is 0 Å². The summed E-state index contributed by atoms with van der Waals surface area (Å²) in [6.07, 6.45) is 0. The van der Waals surface area contributed by atoms with Gasteiger partial charge < -0.3 is 10.6 Å². The van der Waals surface area contributed by atoms with Crippen LogP contribution in [0.3, 0.4) is 0 Å². The highest BCUT2D eigenvalue weighted by Gasteiger charge is 2.40. The lowest BCUT2D eigenvalue weighted by Crippen LogP contribution is -2.65. The number of piperazine rings is 1. The van der Waals surface area contributed by atoms with E-state index in [1.54, 1.807) is 4.90 Å². The van der Waals surface area contributed by atoms with Crippen molar-refractivity contribution in [1.82, 2.24) is 9.80 Å². The average molecular weight is 185 g/mol. The van der Waals surface area contributed by atoms with E-state index in [-0.39, 0.29) is 17.5 Å². The number of hydrogen-bond donors (Lipinski definition) is 1. The average Bonchev–Trinajstić information content (AvgIpc) is 2.01. The van der Waals surface area contributed by atoms with Gasteiger partial charge in [-0.15, -0.1) is 0 Å². The van der Waals surface area contributed by atoms with Crippen LogP contribution in [0.25, 0.3) is 0 Å². The van der Waals surface area contributed by atoms with Gasteiger partial charge in [-0.2, -0.15) is 0 Å². The molecule has 4 heteroatoms.